The minimum atomic E-state index is -0.323. The molecule has 0 atom stereocenters. The van der Waals surface area contributed by atoms with Crippen LogP contribution in [0.15, 0.2) is 34.3 Å². The smallest absolute Gasteiger partial charge is 0.268 e. The highest BCUT2D eigenvalue weighted by Gasteiger charge is 2.30. The maximum Gasteiger partial charge on any atom is 0.268 e. The molecule has 0 saturated heterocycles. The highest BCUT2D eigenvalue weighted by atomic mass is 32.1. The fourth-order valence-electron chi connectivity index (χ4n) is 2.22. The van der Waals surface area contributed by atoms with Crippen molar-refractivity contribution in [2.75, 3.05) is 0 Å². The molecule has 6 heteroatoms. The monoisotopic (exact) mass is 291 g/mol. The van der Waals surface area contributed by atoms with Gasteiger partial charge in [-0.3, -0.25) is 15.1 Å². The Morgan fingerprint density at radius 2 is 2.35 bits per heavy atom. The van der Waals surface area contributed by atoms with Gasteiger partial charge in [0.25, 0.3) is 5.91 Å². The summed E-state index contributed by atoms with van der Waals surface area (Å²) in [5.74, 6) is 5.59. The third-order valence-electron chi connectivity index (χ3n) is 3.41. The molecule has 0 unspecified atom stereocenters. The van der Waals surface area contributed by atoms with Crippen LogP contribution >= 0.6 is 11.3 Å². The Kier molecular flexibility index (Phi) is 3.86. The van der Waals surface area contributed by atoms with Gasteiger partial charge in [0, 0.05) is 17.5 Å². The van der Waals surface area contributed by atoms with Crippen molar-refractivity contribution in [3.8, 4) is 0 Å². The summed E-state index contributed by atoms with van der Waals surface area (Å²) in [6, 6.07) is 6.61. The van der Waals surface area contributed by atoms with Crippen molar-refractivity contribution < 1.29 is 9.21 Å². The van der Waals surface area contributed by atoms with E-state index in [0.717, 1.165) is 18.8 Å². The summed E-state index contributed by atoms with van der Waals surface area (Å²) in [4.78, 5) is 15.2. The molecule has 0 spiro atoms. The number of nitrogens with two attached hydrogens (primary N) is 1. The summed E-state index contributed by atoms with van der Waals surface area (Å²) in [7, 11) is 0. The Morgan fingerprint density at radius 1 is 1.50 bits per heavy atom. The van der Waals surface area contributed by atoms with E-state index in [0.29, 0.717) is 11.6 Å². The summed E-state index contributed by atoms with van der Waals surface area (Å²) in [5, 5.41) is 2.09. The number of furan rings is 1. The number of hydrazine groups is 1. The number of thiophene rings is 1. The lowest BCUT2D eigenvalue weighted by Crippen LogP contribution is -2.29. The van der Waals surface area contributed by atoms with Gasteiger partial charge < -0.3 is 4.42 Å². The van der Waals surface area contributed by atoms with Crippen LogP contribution in [0.1, 0.15) is 33.8 Å². The van der Waals surface area contributed by atoms with Gasteiger partial charge in [0.2, 0.25) is 0 Å². The first-order valence-electron chi connectivity index (χ1n) is 6.61. The zero-order valence-corrected chi connectivity index (χ0v) is 11.9. The van der Waals surface area contributed by atoms with Crippen LogP contribution in [-0.2, 0) is 13.1 Å². The van der Waals surface area contributed by atoms with Crippen molar-refractivity contribution in [1.82, 2.24) is 10.3 Å². The number of nitrogen functional groups attached to an aromatic ring is 1. The zero-order chi connectivity index (χ0) is 13.9. The van der Waals surface area contributed by atoms with E-state index in [1.165, 1.54) is 24.0 Å². The van der Waals surface area contributed by atoms with Crippen LogP contribution in [-0.4, -0.2) is 16.8 Å². The first-order valence-corrected chi connectivity index (χ1v) is 7.49. The van der Waals surface area contributed by atoms with Gasteiger partial charge in [0.05, 0.1) is 12.1 Å². The molecule has 0 aromatic carbocycles. The number of carbonyl (C=O) groups is 1. The van der Waals surface area contributed by atoms with E-state index in [1.54, 1.807) is 17.4 Å². The van der Waals surface area contributed by atoms with Crippen molar-refractivity contribution >= 4 is 17.2 Å². The van der Waals surface area contributed by atoms with Gasteiger partial charge in [-0.2, -0.15) is 0 Å². The van der Waals surface area contributed by atoms with E-state index >= 15 is 0 Å². The Balaban J connectivity index is 1.67. The Bertz CT molecular complexity index is 575. The molecule has 20 heavy (non-hydrogen) atoms. The van der Waals surface area contributed by atoms with Crippen LogP contribution in [0.25, 0.3) is 0 Å². The number of rotatable bonds is 6. The predicted molar refractivity (Wildman–Crippen MR) is 76.9 cm³/mol. The van der Waals surface area contributed by atoms with E-state index in [4.69, 9.17) is 10.3 Å². The number of amides is 1. The molecular formula is C14H17N3O2S. The Labute approximate surface area is 121 Å². The first-order chi connectivity index (χ1) is 9.76. The average molecular weight is 291 g/mol. The Morgan fingerprint density at radius 3 is 3.00 bits per heavy atom. The normalized spacial score (nSPS) is 14.7. The van der Waals surface area contributed by atoms with Crippen molar-refractivity contribution in [2.45, 2.75) is 32.0 Å². The summed E-state index contributed by atoms with van der Waals surface area (Å²) in [5.41, 5.74) is 2.58. The number of nitrogens with zero attached hydrogens (tertiary/aromatic N) is 1. The molecule has 1 amide bonds. The van der Waals surface area contributed by atoms with Crippen molar-refractivity contribution in [1.29, 1.82) is 0 Å². The van der Waals surface area contributed by atoms with E-state index in [1.807, 2.05) is 0 Å². The quantitative estimate of drug-likeness (QED) is 0.486. The molecule has 1 fully saturated rings. The predicted octanol–water partition coefficient (Wildman–Crippen LogP) is 2.11. The second-order valence-corrected chi connectivity index (χ2v) is 6.02. The fourth-order valence-corrected chi connectivity index (χ4v) is 2.95. The van der Waals surface area contributed by atoms with Gasteiger partial charge in [0.1, 0.15) is 12.0 Å². The summed E-state index contributed by atoms with van der Waals surface area (Å²) >= 11 is 1.77. The van der Waals surface area contributed by atoms with Gasteiger partial charge in [0.15, 0.2) is 0 Å². The van der Waals surface area contributed by atoms with Crippen LogP contribution in [0, 0.1) is 0 Å². The molecule has 5 nitrogen and oxygen atoms in total. The number of hydrogen-bond donors (Lipinski definition) is 2. The summed E-state index contributed by atoms with van der Waals surface area (Å²) in [6.45, 7) is 1.65. The highest BCUT2D eigenvalue weighted by molar-refractivity contribution is 7.09. The second-order valence-electron chi connectivity index (χ2n) is 4.99. The van der Waals surface area contributed by atoms with Gasteiger partial charge in [-0.05, 0) is 30.4 Å². The lowest BCUT2D eigenvalue weighted by atomic mass is 10.3. The third kappa shape index (κ3) is 3.09. The Hall–Kier alpha value is -1.63. The minimum absolute atomic E-state index is 0.323. The zero-order valence-electron chi connectivity index (χ0n) is 11.0. The lowest BCUT2D eigenvalue weighted by molar-refractivity contribution is 0.0953. The maximum atomic E-state index is 11.4. The second kappa shape index (κ2) is 5.78. The molecule has 3 rings (SSSR count). The SMILES string of the molecule is NNC(=O)c1coc(CN(Cc2cccs2)C2CC2)c1. The van der Waals surface area contributed by atoms with Crippen LogP contribution in [0.4, 0.5) is 0 Å². The summed E-state index contributed by atoms with van der Waals surface area (Å²) in [6.07, 6.45) is 3.93. The van der Waals surface area contributed by atoms with Crippen LogP contribution in [0.3, 0.4) is 0 Å². The third-order valence-corrected chi connectivity index (χ3v) is 4.27. The molecule has 0 bridgehead atoms. The molecule has 1 aliphatic rings. The van der Waals surface area contributed by atoms with Gasteiger partial charge in [-0.15, -0.1) is 11.3 Å². The standard InChI is InChI=1S/C14H17N3O2S/c15-16-14(18)10-6-12(19-9-10)7-17(11-3-4-11)8-13-2-1-5-20-13/h1-2,5-6,9,11H,3-4,7-8,15H2,(H,16,18). The van der Waals surface area contributed by atoms with E-state index in [9.17, 15) is 4.79 Å². The molecule has 106 valence electrons. The molecule has 3 N–H and O–H groups in total. The maximum absolute atomic E-state index is 11.4. The molecule has 2 aromatic heterocycles. The molecule has 2 aromatic rings. The van der Waals surface area contributed by atoms with Crippen LogP contribution < -0.4 is 11.3 Å². The molecule has 1 aliphatic carbocycles. The first kappa shape index (κ1) is 13.4. The van der Waals surface area contributed by atoms with Crippen LogP contribution in [0.2, 0.25) is 0 Å². The molecule has 0 aliphatic heterocycles. The molecule has 1 saturated carbocycles. The number of hydrogen-bond acceptors (Lipinski definition) is 5. The van der Waals surface area contributed by atoms with Crippen molar-refractivity contribution in [3.63, 3.8) is 0 Å². The largest absolute Gasteiger partial charge is 0.467 e. The highest BCUT2D eigenvalue weighted by Crippen LogP contribution is 2.30. The van der Waals surface area contributed by atoms with E-state index < -0.39 is 0 Å². The lowest BCUT2D eigenvalue weighted by Gasteiger charge is -2.19. The van der Waals surface area contributed by atoms with E-state index in [2.05, 4.69) is 27.8 Å². The molecule has 0 radical (unpaired) electrons. The molecule has 2 heterocycles. The van der Waals surface area contributed by atoms with Gasteiger partial charge in [-0.25, -0.2) is 5.84 Å². The van der Waals surface area contributed by atoms with E-state index in [-0.39, 0.29) is 5.91 Å². The minimum Gasteiger partial charge on any atom is -0.467 e. The molecular weight excluding hydrogens is 274 g/mol. The van der Waals surface area contributed by atoms with Crippen LogP contribution in [0.5, 0.6) is 0 Å². The van der Waals surface area contributed by atoms with Gasteiger partial charge >= 0.3 is 0 Å². The topological polar surface area (TPSA) is 71.5 Å². The average Bonchev–Trinajstić information content (AvgIpc) is 2.99. The number of nitrogens with one attached hydrogen (secondary N) is 1. The summed E-state index contributed by atoms with van der Waals surface area (Å²) < 4.78 is 5.46. The van der Waals surface area contributed by atoms with Gasteiger partial charge in [-0.1, -0.05) is 6.07 Å². The fraction of sp³-hybridized carbons (Fsp3) is 0.357. The number of carbonyl (C=O) groups excluding carboxylic acids is 1. The van der Waals surface area contributed by atoms with Crippen molar-refractivity contribution in [3.05, 3.63) is 46.0 Å². The van der Waals surface area contributed by atoms with Crippen molar-refractivity contribution in [2.24, 2.45) is 5.84 Å².